The first kappa shape index (κ1) is 26.8. The first-order valence-electron chi connectivity index (χ1n) is 13.1. The first-order valence-corrected chi connectivity index (χ1v) is 13.9. The summed E-state index contributed by atoms with van der Waals surface area (Å²) in [6.07, 6.45) is 4.55. The minimum absolute atomic E-state index is 0.0592. The second kappa shape index (κ2) is 11.1. The van der Waals surface area contributed by atoms with Gasteiger partial charge in [-0.3, -0.25) is 4.79 Å². The molecule has 1 atom stereocenters. The molecule has 0 saturated heterocycles. The van der Waals surface area contributed by atoms with Crippen molar-refractivity contribution in [2.24, 2.45) is 4.99 Å². The van der Waals surface area contributed by atoms with Gasteiger partial charge in [0.05, 0.1) is 11.7 Å². The first-order chi connectivity index (χ1) is 18.7. The van der Waals surface area contributed by atoms with Gasteiger partial charge in [0.1, 0.15) is 17.3 Å². The van der Waals surface area contributed by atoms with Gasteiger partial charge in [-0.05, 0) is 73.7 Å². The highest BCUT2D eigenvalue weighted by atomic mass is 79.9. The third kappa shape index (κ3) is 5.39. The van der Waals surface area contributed by atoms with Crippen LogP contribution in [0.5, 0.6) is 0 Å². The molecule has 0 aliphatic carbocycles. The van der Waals surface area contributed by atoms with Crippen molar-refractivity contribution in [2.45, 2.75) is 33.2 Å². The molecule has 0 fully saturated rings. The van der Waals surface area contributed by atoms with Crippen LogP contribution in [0.25, 0.3) is 11.3 Å². The van der Waals surface area contributed by atoms with E-state index in [9.17, 15) is 4.79 Å². The number of hydrogen-bond acceptors (Lipinski definition) is 3. The van der Waals surface area contributed by atoms with Gasteiger partial charge in [0.2, 0.25) is 0 Å². The zero-order chi connectivity index (χ0) is 27.7. The summed E-state index contributed by atoms with van der Waals surface area (Å²) in [6.45, 7) is 6.60. The average molecular weight is 585 g/mol. The quantitative estimate of drug-likeness (QED) is 0.314. The van der Waals surface area contributed by atoms with E-state index in [1.807, 2.05) is 91.4 Å². The summed E-state index contributed by atoms with van der Waals surface area (Å²) in [7, 11) is 1.93. The normalized spacial score (nSPS) is 17.9. The largest absolute Gasteiger partial charge is 0.330 e. The monoisotopic (exact) mass is 583 g/mol. The fraction of sp³-hybridized carbons (Fsp3) is 0.212. The summed E-state index contributed by atoms with van der Waals surface area (Å²) in [5, 5.41) is 0. The van der Waals surface area contributed by atoms with Crippen LogP contribution >= 0.6 is 15.9 Å². The molecule has 3 aromatic carbocycles. The minimum Gasteiger partial charge on any atom is -0.330 e. The molecular weight excluding hydrogens is 553 g/mol. The zero-order valence-corrected chi connectivity index (χ0v) is 24.2. The molecule has 0 N–H and O–H groups in total. The third-order valence-corrected chi connectivity index (χ3v) is 7.88. The Labute approximate surface area is 238 Å². The van der Waals surface area contributed by atoms with Gasteiger partial charge in [0, 0.05) is 23.6 Å². The van der Waals surface area contributed by atoms with Gasteiger partial charge in [-0.2, -0.15) is 0 Å². The molecule has 0 radical (unpaired) electrons. The Balaban J connectivity index is 1.60. The molecule has 5 rings (SSSR count). The molecule has 0 bridgehead atoms. The number of halogens is 2. The lowest BCUT2D eigenvalue weighted by Gasteiger charge is -2.36. The van der Waals surface area contributed by atoms with Crippen LogP contribution in [-0.2, 0) is 11.2 Å². The molecule has 198 valence electrons. The van der Waals surface area contributed by atoms with Gasteiger partial charge in [-0.25, -0.2) is 9.38 Å². The van der Waals surface area contributed by atoms with Crippen molar-refractivity contribution in [3.05, 3.63) is 129 Å². The average Bonchev–Trinajstić information content (AvgIpc) is 2.93. The van der Waals surface area contributed by atoms with Crippen molar-refractivity contribution in [1.29, 1.82) is 0 Å². The van der Waals surface area contributed by atoms with Crippen molar-refractivity contribution in [2.75, 3.05) is 13.6 Å². The zero-order valence-electron chi connectivity index (χ0n) is 22.6. The maximum atomic E-state index is 15.1. The Morgan fingerprint density at radius 1 is 1.05 bits per heavy atom. The van der Waals surface area contributed by atoms with Crippen LogP contribution in [0.2, 0.25) is 0 Å². The van der Waals surface area contributed by atoms with Crippen LogP contribution in [0.3, 0.4) is 0 Å². The molecule has 0 aromatic heterocycles. The van der Waals surface area contributed by atoms with E-state index in [4.69, 9.17) is 4.99 Å². The van der Waals surface area contributed by atoms with Gasteiger partial charge >= 0.3 is 0 Å². The number of carbonyl (C=O) groups is 1. The van der Waals surface area contributed by atoms with Crippen molar-refractivity contribution < 1.29 is 9.18 Å². The molecule has 2 heterocycles. The van der Waals surface area contributed by atoms with Gasteiger partial charge in [0.25, 0.3) is 5.91 Å². The predicted molar refractivity (Wildman–Crippen MR) is 160 cm³/mol. The maximum Gasteiger partial charge on any atom is 0.273 e. The SMILES string of the molecule is CC(C)=C(/C=C1/N=C(C(=O)N2CCc3ccccc3C2C)C=C(c2ccccc2)N1C)c1ccc(Br)cc1F. The van der Waals surface area contributed by atoms with Crippen molar-refractivity contribution in [1.82, 2.24) is 9.80 Å². The Kier molecular flexibility index (Phi) is 7.67. The molecule has 1 amide bonds. The highest BCUT2D eigenvalue weighted by Gasteiger charge is 2.31. The van der Waals surface area contributed by atoms with E-state index in [0.29, 0.717) is 28.1 Å². The lowest BCUT2D eigenvalue weighted by Crippen LogP contribution is -2.43. The van der Waals surface area contributed by atoms with Crippen LogP contribution in [0.15, 0.2) is 106 Å². The van der Waals surface area contributed by atoms with Crippen LogP contribution in [0.4, 0.5) is 4.39 Å². The summed E-state index contributed by atoms with van der Waals surface area (Å²) < 4.78 is 15.7. The van der Waals surface area contributed by atoms with E-state index in [0.717, 1.165) is 28.8 Å². The number of nitrogens with zero attached hydrogens (tertiary/aromatic N) is 3. The van der Waals surface area contributed by atoms with E-state index >= 15 is 4.39 Å². The number of fused-ring (bicyclic) bond motifs is 1. The van der Waals surface area contributed by atoms with Gasteiger partial charge < -0.3 is 9.80 Å². The number of amides is 1. The van der Waals surface area contributed by atoms with E-state index in [1.54, 1.807) is 6.07 Å². The summed E-state index contributed by atoms with van der Waals surface area (Å²) in [5.74, 6) is 0.136. The van der Waals surface area contributed by atoms with Gasteiger partial charge in [-0.1, -0.05) is 82.2 Å². The van der Waals surface area contributed by atoms with E-state index in [1.165, 1.54) is 17.2 Å². The standard InChI is InChI=1S/C33H31BrFN3O/c1-21(2)28(27-15-14-25(34)18-29(27)35)19-32-36-30(20-31(37(32)4)24-11-6-5-7-12-24)33(39)38-17-16-23-10-8-9-13-26(23)22(38)3/h5-15,18-20,22H,16-17H2,1-4H3/b32-19-. The van der Waals surface area contributed by atoms with Gasteiger partial charge in [-0.15, -0.1) is 0 Å². The molecule has 4 nitrogen and oxygen atoms in total. The highest BCUT2D eigenvalue weighted by Crippen LogP contribution is 2.34. The van der Waals surface area contributed by atoms with E-state index in [2.05, 4.69) is 35.0 Å². The fourth-order valence-electron chi connectivity index (χ4n) is 5.23. The summed E-state index contributed by atoms with van der Waals surface area (Å²) >= 11 is 3.35. The lowest BCUT2D eigenvalue weighted by molar-refractivity contribution is -0.126. The van der Waals surface area contributed by atoms with Crippen molar-refractivity contribution in [3.63, 3.8) is 0 Å². The summed E-state index contributed by atoms with van der Waals surface area (Å²) in [4.78, 5) is 22.7. The maximum absolute atomic E-state index is 15.1. The lowest BCUT2D eigenvalue weighted by atomic mass is 9.93. The second-order valence-corrected chi connectivity index (χ2v) is 11.0. The number of hydrogen-bond donors (Lipinski definition) is 0. The van der Waals surface area contributed by atoms with E-state index < -0.39 is 0 Å². The fourth-order valence-corrected chi connectivity index (χ4v) is 5.56. The highest BCUT2D eigenvalue weighted by molar-refractivity contribution is 9.10. The molecule has 2 aliphatic heterocycles. The number of rotatable bonds is 4. The summed E-state index contributed by atoms with van der Waals surface area (Å²) in [6, 6.07) is 23.2. The van der Waals surface area contributed by atoms with Crippen LogP contribution in [-0.4, -0.2) is 35.0 Å². The van der Waals surface area contributed by atoms with Crippen LogP contribution < -0.4 is 0 Å². The van der Waals surface area contributed by atoms with Crippen LogP contribution in [0, 0.1) is 5.82 Å². The number of benzene rings is 3. The molecule has 39 heavy (non-hydrogen) atoms. The van der Waals surface area contributed by atoms with Crippen molar-refractivity contribution >= 4 is 38.8 Å². The number of aliphatic imine (C=N–C) groups is 1. The minimum atomic E-state index is -0.323. The molecule has 6 heteroatoms. The Hall–Kier alpha value is -3.77. The molecular formula is C33H31BrFN3O. The van der Waals surface area contributed by atoms with E-state index in [-0.39, 0.29) is 17.8 Å². The van der Waals surface area contributed by atoms with Crippen molar-refractivity contribution in [3.8, 4) is 0 Å². The molecule has 1 unspecified atom stereocenters. The topological polar surface area (TPSA) is 35.9 Å². The second-order valence-electron chi connectivity index (χ2n) is 10.1. The Morgan fingerprint density at radius 2 is 1.77 bits per heavy atom. The summed E-state index contributed by atoms with van der Waals surface area (Å²) in [5.41, 5.74) is 6.81. The number of carbonyl (C=O) groups excluding carboxylic acids is 1. The van der Waals surface area contributed by atoms with Crippen LogP contribution in [0.1, 0.15) is 49.1 Å². The molecule has 0 spiro atoms. The smallest absolute Gasteiger partial charge is 0.273 e. The molecule has 3 aromatic rings. The van der Waals surface area contributed by atoms with Gasteiger partial charge in [0.15, 0.2) is 0 Å². The number of allylic oxidation sites excluding steroid dienone is 3. The Morgan fingerprint density at radius 3 is 2.49 bits per heavy atom. The molecule has 0 saturated carbocycles. The molecule has 2 aliphatic rings. The predicted octanol–water partition coefficient (Wildman–Crippen LogP) is 7.80. The third-order valence-electron chi connectivity index (χ3n) is 7.39. The Bertz CT molecular complexity index is 1550.